The monoisotopic (exact) mass is 492 g/mol. The molecule has 0 bridgehead atoms. The summed E-state index contributed by atoms with van der Waals surface area (Å²) < 4.78 is 5.91. The van der Waals surface area contributed by atoms with Gasteiger partial charge < -0.3 is 15.4 Å². The van der Waals surface area contributed by atoms with Crippen molar-refractivity contribution in [2.45, 2.75) is 6.92 Å². The molecule has 3 rings (SSSR count). The lowest BCUT2D eigenvalue weighted by Gasteiger charge is -2.12. The predicted molar refractivity (Wildman–Crippen MR) is 128 cm³/mol. The molecule has 0 saturated carbocycles. The minimum Gasteiger partial charge on any atom is -0.497 e. The van der Waals surface area contributed by atoms with Crippen LogP contribution in [0.1, 0.15) is 33.2 Å². The van der Waals surface area contributed by atoms with Crippen LogP contribution in [-0.2, 0) is 4.79 Å². The smallest absolute Gasteiger partial charge is 0.272 e. The number of hydrogen-bond acceptors (Lipinski definition) is 4. The second-order valence-corrected chi connectivity index (χ2v) is 7.80. The molecule has 0 aliphatic heterocycles. The first-order valence-electron chi connectivity index (χ1n) is 9.71. The number of carbonyl (C=O) groups excluding carboxylic acids is 3. The highest BCUT2D eigenvalue weighted by molar-refractivity contribution is 9.10. The summed E-state index contributed by atoms with van der Waals surface area (Å²) in [5.74, 6) is -0.394. The Hall–Kier alpha value is -3.71. The van der Waals surface area contributed by atoms with E-state index in [-0.39, 0.29) is 11.5 Å². The standard InChI is InChI=1S/C25H21BrN2O4/c1-16(29)18-5-4-8-21(15-18)27-25(31)23(13-17-9-11-22(32-2)12-10-17)28-24(30)19-6-3-7-20(26)14-19/h3-15H,1-2H3,(H,27,31)(H,28,30). The highest BCUT2D eigenvalue weighted by Gasteiger charge is 2.16. The zero-order valence-corrected chi connectivity index (χ0v) is 19.1. The molecular weight excluding hydrogens is 472 g/mol. The van der Waals surface area contributed by atoms with Crippen LogP contribution in [0.15, 0.2) is 83.0 Å². The minimum atomic E-state index is -0.523. The molecule has 0 heterocycles. The molecule has 0 fully saturated rings. The molecule has 0 spiro atoms. The Morgan fingerprint density at radius 2 is 1.59 bits per heavy atom. The van der Waals surface area contributed by atoms with Crippen LogP contribution in [0.3, 0.4) is 0 Å². The number of hydrogen-bond donors (Lipinski definition) is 2. The first-order valence-corrected chi connectivity index (χ1v) is 10.5. The van der Waals surface area contributed by atoms with Crippen molar-refractivity contribution in [2.75, 3.05) is 12.4 Å². The van der Waals surface area contributed by atoms with E-state index in [0.717, 1.165) is 4.47 Å². The molecule has 7 heteroatoms. The van der Waals surface area contributed by atoms with Gasteiger partial charge in [-0.1, -0.05) is 46.3 Å². The molecule has 0 saturated heterocycles. The fourth-order valence-corrected chi connectivity index (χ4v) is 3.26. The van der Waals surface area contributed by atoms with Gasteiger partial charge in [-0.25, -0.2) is 0 Å². The largest absolute Gasteiger partial charge is 0.497 e. The lowest BCUT2D eigenvalue weighted by molar-refractivity contribution is -0.113. The van der Waals surface area contributed by atoms with Gasteiger partial charge in [0.15, 0.2) is 5.78 Å². The summed E-state index contributed by atoms with van der Waals surface area (Å²) in [4.78, 5) is 37.5. The van der Waals surface area contributed by atoms with Crippen molar-refractivity contribution in [3.05, 3.63) is 99.7 Å². The Labute approximate surface area is 194 Å². The van der Waals surface area contributed by atoms with Crippen molar-refractivity contribution in [2.24, 2.45) is 0 Å². The molecule has 3 aromatic rings. The van der Waals surface area contributed by atoms with E-state index < -0.39 is 11.8 Å². The lowest BCUT2D eigenvalue weighted by atomic mass is 10.1. The Morgan fingerprint density at radius 3 is 2.25 bits per heavy atom. The van der Waals surface area contributed by atoms with Gasteiger partial charge in [-0.2, -0.15) is 0 Å². The molecule has 32 heavy (non-hydrogen) atoms. The number of amides is 2. The third-order valence-electron chi connectivity index (χ3n) is 4.53. The number of nitrogens with one attached hydrogen (secondary N) is 2. The van der Waals surface area contributed by atoms with Gasteiger partial charge >= 0.3 is 0 Å². The minimum absolute atomic E-state index is 0.0494. The molecule has 0 radical (unpaired) electrons. The van der Waals surface area contributed by atoms with Crippen LogP contribution in [0.25, 0.3) is 6.08 Å². The van der Waals surface area contributed by atoms with Gasteiger partial charge in [0, 0.05) is 21.3 Å². The average molecular weight is 493 g/mol. The number of methoxy groups -OCH3 is 1. The molecule has 3 aromatic carbocycles. The van der Waals surface area contributed by atoms with Crippen molar-refractivity contribution in [3.63, 3.8) is 0 Å². The molecule has 2 amide bonds. The molecule has 2 N–H and O–H groups in total. The van der Waals surface area contributed by atoms with E-state index >= 15 is 0 Å². The summed E-state index contributed by atoms with van der Waals surface area (Å²) in [5, 5.41) is 5.43. The van der Waals surface area contributed by atoms with Gasteiger partial charge in [-0.3, -0.25) is 14.4 Å². The van der Waals surface area contributed by atoms with Crippen LogP contribution < -0.4 is 15.4 Å². The van der Waals surface area contributed by atoms with E-state index in [4.69, 9.17) is 4.74 Å². The fourth-order valence-electron chi connectivity index (χ4n) is 2.86. The third kappa shape index (κ3) is 6.15. The Kier molecular flexibility index (Phi) is 7.57. The maximum absolute atomic E-state index is 13.0. The average Bonchev–Trinajstić information content (AvgIpc) is 2.79. The molecule has 0 unspecified atom stereocenters. The second kappa shape index (κ2) is 10.5. The van der Waals surface area contributed by atoms with Gasteiger partial charge in [-0.15, -0.1) is 0 Å². The number of benzene rings is 3. The van der Waals surface area contributed by atoms with Crippen molar-refractivity contribution >= 4 is 45.3 Å². The van der Waals surface area contributed by atoms with E-state index in [1.54, 1.807) is 86.0 Å². The van der Waals surface area contributed by atoms with Crippen molar-refractivity contribution in [1.82, 2.24) is 5.32 Å². The fraction of sp³-hybridized carbons (Fsp3) is 0.0800. The second-order valence-electron chi connectivity index (χ2n) is 6.89. The normalized spacial score (nSPS) is 10.9. The third-order valence-corrected chi connectivity index (χ3v) is 5.03. The number of anilines is 1. The van der Waals surface area contributed by atoms with Crippen molar-refractivity contribution < 1.29 is 19.1 Å². The zero-order valence-electron chi connectivity index (χ0n) is 17.5. The molecule has 0 aliphatic carbocycles. The number of halogens is 1. The molecule has 6 nitrogen and oxygen atoms in total. The van der Waals surface area contributed by atoms with Gasteiger partial charge in [0.25, 0.3) is 11.8 Å². The van der Waals surface area contributed by atoms with E-state index in [0.29, 0.717) is 28.1 Å². The Morgan fingerprint density at radius 1 is 0.906 bits per heavy atom. The summed E-state index contributed by atoms with van der Waals surface area (Å²) in [6.45, 7) is 1.45. The van der Waals surface area contributed by atoms with Gasteiger partial charge in [0.1, 0.15) is 11.4 Å². The topological polar surface area (TPSA) is 84.5 Å². The Bertz CT molecular complexity index is 1190. The molecule has 162 valence electrons. The molecule has 0 atom stereocenters. The van der Waals surface area contributed by atoms with Crippen LogP contribution >= 0.6 is 15.9 Å². The molecular formula is C25H21BrN2O4. The number of Topliss-reactive ketones (excluding diaryl/α,β-unsaturated/α-hetero) is 1. The Balaban J connectivity index is 1.90. The zero-order chi connectivity index (χ0) is 23.1. The molecule has 0 aromatic heterocycles. The number of carbonyl (C=O) groups is 3. The SMILES string of the molecule is COc1ccc(C=C(NC(=O)c2cccc(Br)c2)C(=O)Nc2cccc(C(C)=O)c2)cc1. The van der Waals surface area contributed by atoms with E-state index in [9.17, 15) is 14.4 Å². The number of ether oxygens (including phenoxy) is 1. The maximum atomic E-state index is 13.0. The van der Waals surface area contributed by atoms with Crippen LogP contribution in [-0.4, -0.2) is 24.7 Å². The van der Waals surface area contributed by atoms with Gasteiger partial charge in [0.2, 0.25) is 0 Å². The van der Waals surface area contributed by atoms with E-state index in [1.807, 2.05) is 0 Å². The van der Waals surface area contributed by atoms with Crippen LogP contribution in [0.4, 0.5) is 5.69 Å². The predicted octanol–water partition coefficient (Wildman–Crippen LogP) is 5.07. The highest BCUT2D eigenvalue weighted by atomic mass is 79.9. The quantitative estimate of drug-likeness (QED) is 0.356. The van der Waals surface area contributed by atoms with E-state index in [2.05, 4.69) is 26.6 Å². The number of ketones is 1. The van der Waals surface area contributed by atoms with Crippen LogP contribution in [0.5, 0.6) is 5.75 Å². The summed E-state index contributed by atoms with van der Waals surface area (Å²) in [6, 6.07) is 20.5. The summed E-state index contributed by atoms with van der Waals surface area (Å²) in [6.07, 6.45) is 1.57. The maximum Gasteiger partial charge on any atom is 0.272 e. The summed E-state index contributed by atoms with van der Waals surface area (Å²) >= 11 is 3.34. The summed E-state index contributed by atoms with van der Waals surface area (Å²) in [5.41, 5.74) is 2.06. The first-order chi connectivity index (χ1) is 15.4. The van der Waals surface area contributed by atoms with Crippen LogP contribution in [0.2, 0.25) is 0 Å². The van der Waals surface area contributed by atoms with Crippen molar-refractivity contribution in [1.29, 1.82) is 0 Å². The molecule has 0 aliphatic rings. The van der Waals surface area contributed by atoms with E-state index in [1.165, 1.54) is 6.92 Å². The van der Waals surface area contributed by atoms with Gasteiger partial charge in [-0.05, 0) is 61.0 Å². The van der Waals surface area contributed by atoms with Gasteiger partial charge in [0.05, 0.1) is 7.11 Å². The van der Waals surface area contributed by atoms with Crippen LogP contribution in [0, 0.1) is 0 Å². The lowest BCUT2D eigenvalue weighted by Crippen LogP contribution is -2.30. The number of rotatable bonds is 7. The highest BCUT2D eigenvalue weighted by Crippen LogP contribution is 2.17. The van der Waals surface area contributed by atoms with Crippen molar-refractivity contribution in [3.8, 4) is 5.75 Å². The first kappa shape index (κ1) is 23.0. The summed E-state index contributed by atoms with van der Waals surface area (Å²) in [7, 11) is 1.57.